The Hall–Kier alpha value is -0.340. The van der Waals surface area contributed by atoms with Gasteiger partial charge in [-0.15, -0.1) is 6.58 Å². The maximum absolute atomic E-state index is 6.07. The van der Waals surface area contributed by atoms with Crippen LogP contribution in [0.4, 0.5) is 0 Å². The predicted octanol–water partition coefficient (Wildman–Crippen LogP) is 2.63. The first kappa shape index (κ1) is 11.7. The Morgan fingerprint density at radius 3 is 2.71 bits per heavy atom. The normalized spacial score (nSPS) is 21.3. The molecule has 1 rings (SSSR count). The second-order valence-corrected chi connectivity index (χ2v) is 4.42. The average Bonchev–Trinajstić information content (AvgIpc) is 2.12. The molecule has 1 aliphatic rings. The summed E-state index contributed by atoms with van der Waals surface area (Å²) in [6, 6.07) is 0.301. The Labute approximate surface area is 87.5 Å². The molecule has 0 aromatic rings. The number of rotatable bonds is 7. The third-order valence-electron chi connectivity index (χ3n) is 3.32. The van der Waals surface area contributed by atoms with Crippen molar-refractivity contribution < 1.29 is 4.74 Å². The summed E-state index contributed by atoms with van der Waals surface area (Å²) < 4.78 is 5.55. The van der Waals surface area contributed by atoms with Gasteiger partial charge in [0.05, 0.1) is 5.60 Å². The van der Waals surface area contributed by atoms with Gasteiger partial charge in [0.1, 0.15) is 0 Å². The lowest BCUT2D eigenvalue weighted by Crippen LogP contribution is -2.44. The molecule has 2 nitrogen and oxygen atoms in total. The van der Waals surface area contributed by atoms with Gasteiger partial charge in [0.25, 0.3) is 0 Å². The van der Waals surface area contributed by atoms with E-state index in [9.17, 15) is 0 Å². The Balaban J connectivity index is 2.18. The predicted molar refractivity (Wildman–Crippen MR) is 60.2 cm³/mol. The summed E-state index contributed by atoms with van der Waals surface area (Å²) in [7, 11) is 1.82. The van der Waals surface area contributed by atoms with E-state index in [2.05, 4.69) is 6.58 Å². The minimum atomic E-state index is 0.133. The zero-order valence-electron chi connectivity index (χ0n) is 9.30. The number of unbranched alkanes of at least 4 members (excludes halogenated alkanes) is 1. The molecular formula is C12H23NO. The van der Waals surface area contributed by atoms with E-state index in [1.54, 1.807) is 0 Å². The van der Waals surface area contributed by atoms with Gasteiger partial charge in [0, 0.05) is 13.2 Å². The topological polar surface area (TPSA) is 35.2 Å². The number of allylic oxidation sites excluding steroid dienone is 1. The minimum absolute atomic E-state index is 0.133. The van der Waals surface area contributed by atoms with Crippen molar-refractivity contribution in [1.29, 1.82) is 0 Å². The van der Waals surface area contributed by atoms with E-state index < -0.39 is 0 Å². The summed E-state index contributed by atoms with van der Waals surface area (Å²) in [5.41, 5.74) is 6.20. The van der Waals surface area contributed by atoms with Crippen molar-refractivity contribution in [2.45, 2.75) is 56.6 Å². The Morgan fingerprint density at radius 1 is 1.57 bits per heavy atom. The van der Waals surface area contributed by atoms with Crippen LogP contribution in [0.1, 0.15) is 44.9 Å². The fourth-order valence-corrected chi connectivity index (χ4v) is 2.17. The van der Waals surface area contributed by atoms with Crippen LogP contribution in [0.5, 0.6) is 0 Å². The summed E-state index contributed by atoms with van der Waals surface area (Å²) in [4.78, 5) is 0. The smallest absolute Gasteiger partial charge is 0.0693 e. The van der Waals surface area contributed by atoms with Crippen molar-refractivity contribution in [3.63, 3.8) is 0 Å². The molecule has 1 aliphatic carbocycles. The van der Waals surface area contributed by atoms with Gasteiger partial charge in [-0.05, 0) is 44.9 Å². The van der Waals surface area contributed by atoms with Crippen molar-refractivity contribution in [2.75, 3.05) is 7.11 Å². The maximum Gasteiger partial charge on any atom is 0.0693 e. The molecule has 82 valence electrons. The molecule has 0 bridgehead atoms. The number of ether oxygens (including phenoxy) is 1. The van der Waals surface area contributed by atoms with E-state index >= 15 is 0 Å². The Kier molecular flexibility index (Phi) is 4.63. The van der Waals surface area contributed by atoms with Gasteiger partial charge in [-0.1, -0.05) is 6.08 Å². The monoisotopic (exact) mass is 197 g/mol. The summed E-state index contributed by atoms with van der Waals surface area (Å²) in [5.74, 6) is 0. The highest BCUT2D eigenvalue weighted by Crippen LogP contribution is 2.39. The van der Waals surface area contributed by atoms with Crippen molar-refractivity contribution >= 4 is 0 Å². The van der Waals surface area contributed by atoms with Crippen LogP contribution >= 0.6 is 0 Å². The molecule has 2 heteroatoms. The standard InChI is InChI=1S/C12H23NO/c1-3-4-5-7-11(13)10-12(14-2)8-6-9-12/h3,11H,1,4-10,13H2,2H3. The maximum atomic E-state index is 6.07. The SMILES string of the molecule is C=CCCCC(N)CC1(OC)CCC1. The molecule has 0 aliphatic heterocycles. The number of methoxy groups -OCH3 is 1. The molecule has 0 aromatic carbocycles. The van der Waals surface area contributed by atoms with Gasteiger partial charge in [-0.3, -0.25) is 0 Å². The largest absolute Gasteiger partial charge is 0.378 e. The third-order valence-corrected chi connectivity index (χ3v) is 3.32. The Bertz CT molecular complexity index is 170. The van der Waals surface area contributed by atoms with Crippen molar-refractivity contribution in [3.05, 3.63) is 12.7 Å². The molecule has 1 atom stereocenters. The number of hydrogen-bond acceptors (Lipinski definition) is 2. The number of nitrogens with two attached hydrogens (primary N) is 1. The fourth-order valence-electron chi connectivity index (χ4n) is 2.17. The summed E-state index contributed by atoms with van der Waals surface area (Å²) >= 11 is 0. The molecule has 0 saturated heterocycles. The van der Waals surface area contributed by atoms with Crippen LogP contribution < -0.4 is 5.73 Å². The Morgan fingerprint density at radius 2 is 2.29 bits per heavy atom. The van der Waals surface area contributed by atoms with Crippen LogP contribution in [0.25, 0.3) is 0 Å². The molecule has 1 saturated carbocycles. The van der Waals surface area contributed by atoms with Gasteiger partial charge in [0.15, 0.2) is 0 Å². The fraction of sp³-hybridized carbons (Fsp3) is 0.833. The van der Waals surface area contributed by atoms with Crippen molar-refractivity contribution in [2.24, 2.45) is 5.73 Å². The zero-order chi connectivity index (χ0) is 10.4. The summed E-state index contributed by atoms with van der Waals surface area (Å²) in [6.07, 6.45) is 10.0. The first-order valence-corrected chi connectivity index (χ1v) is 5.64. The van der Waals surface area contributed by atoms with Crippen LogP contribution in [0.15, 0.2) is 12.7 Å². The van der Waals surface area contributed by atoms with Gasteiger partial charge < -0.3 is 10.5 Å². The second-order valence-electron chi connectivity index (χ2n) is 4.42. The first-order chi connectivity index (χ1) is 6.72. The molecule has 0 heterocycles. The van der Waals surface area contributed by atoms with Gasteiger partial charge in [-0.2, -0.15) is 0 Å². The second kappa shape index (κ2) is 5.52. The van der Waals surface area contributed by atoms with Crippen LogP contribution in [0, 0.1) is 0 Å². The highest BCUT2D eigenvalue weighted by Gasteiger charge is 2.37. The molecule has 1 fully saturated rings. The van der Waals surface area contributed by atoms with Gasteiger partial charge in [-0.25, -0.2) is 0 Å². The van der Waals surface area contributed by atoms with E-state index in [-0.39, 0.29) is 5.60 Å². The lowest BCUT2D eigenvalue weighted by atomic mass is 9.75. The molecule has 1 unspecified atom stereocenters. The molecule has 0 spiro atoms. The quantitative estimate of drug-likeness (QED) is 0.503. The van der Waals surface area contributed by atoms with E-state index in [1.165, 1.54) is 19.3 Å². The highest BCUT2D eigenvalue weighted by atomic mass is 16.5. The lowest BCUT2D eigenvalue weighted by Gasteiger charge is -2.42. The molecule has 0 aromatic heterocycles. The van der Waals surface area contributed by atoms with Gasteiger partial charge >= 0.3 is 0 Å². The van der Waals surface area contributed by atoms with Crippen LogP contribution in [-0.2, 0) is 4.74 Å². The van der Waals surface area contributed by atoms with E-state index in [4.69, 9.17) is 10.5 Å². The zero-order valence-corrected chi connectivity index (χ0v) is 9.30. The van der Waals surface area contributed by atoms with E-state index in [0.29, 0.717) is 6.04 Å². The average molecular weight is 197 g/mol. The molecule has 0 radical (unpaired) electrons. The molecular weight excluding hydrogens is 174 g/mol. The molecule has 2 N–H and O–H groups in total. The molecule has 14 heavy (non-hydrogen) atoms. The van der Waals surface area contributed by atoms with E-state index in [0.717, 1.165) is 25.7 Å². The summed E-state index contributed by atoms with van der Waals surface area (Å²) in [6.45, 7) is 3.71. The van der Waals surface area contributed by atoms with Crippen LogP contribution in [0.3, 0.4) is 0 Å². The van der Waals surface area contributed by atoms with Crippen molar-refractivity contribution in [1.82, 2.24) is 0 Å². The van der Waals surface area contributed by atoms with Gasteiger partial charge in [0.2, 0.25) is 0 Å². The lowest BCUT2D eigenvalue weighted by molar-refractivity contribution is -0.0818. The van der Waals surface area contributed by atoms with Crippen LogP contribution in [-0.4, -0.2) is 18.8 Å². The van der Waals surface area contributed by atoms with Crippen molar-refractivity contribution in [3.8, 4) is 0 Å². The first-order valence-electron chi connectivity index (χ1n) is 5.64. The minimum Gasteiger partial charge on any atom is -0.378 e. The third kappa shape index (κ3) is 3.10. The highest BCUT2D eigenvalue weighted by molar-refractivity contribution is 4.92. The molecule has 0 amide bonds. The number of hydrogen-bond donors (Lipinski definition) is 1. The van der Waals surface area contributed by atoms with E-state index in [1.807, 2.05) is 13.2 Å². The van der Waals surface area contributed by atoms with Crippen LogP contribution in [0.2, 0.25) is 0 Å². The summed E-state index contributed by atoms with van der Waals surface area (Å²) in [5, 5.41) is 0.